The molecule has 0 aromatic heterocycles. The van der Waals surface area contributed by atoms with Crippen LogP contribution in [0.15, 0.2) is 24.3 Å². The zero-order valence-electron chi connectivity index (χ0n) is 13.8. The van der Waals surface area contributed by atoms with Crippen LogP contribution >= 0.6 is 0 Å². The van der Waals surface area contributed by atoms with E-state index in [1.165, 1.54) is 11.1 Å². The molecule has 1 N–H and O–H groups in total. The maximum absolute atomic E-state index is 5.27. The predicted molar refractivity (Wildman–Crippen MR) is 86.2 cm³/mol. The van der Waals surface area contributed by atoms with Crippen molar-refractivity contribution in [1.82, 2.24) is 10.2 Å². The number of nitrogens with zero attached hydrogens (tertiary/aromatic N) is 1. The number of hydrogen-bond acceptors (Lipinski definition) is 3. The second-order valence-electron chi connectivity index (χ2n) is 5.66. The number of methoxy groups -OCH3 is 1. The summed E-state index contributed by atoms with van der Waals surface area (Å²) in [7, 11) is 3.93. The lowest BCUT2D eigenvalue weighted by molar-refractivity contribution is 0.0812. The molecule has 1 aromatic rings. The molecule has 0 aliphatic heterocycles. The Labute approximate surface area is 124 Å². The second-order valence-corrected chi connectivity index (χ2v) is 5.66. The van der Waals surface area contributed by atoms with Gasteiger partial charge < -0.3 is 10.1 Å². The highest BCUT2D eigenvalue weighted by Crippen LogP contribution is 2.22. The van der Waals surface area contributed by atoms with Crippen molar-refractivity contribution in [2.45, 2.75) is 45.8 Å². The fourth-order valence-corrected chi connectivity index (χ4v) is 2.56. The molecule has 0 fully saturated rings. The molecule has 0 bridgehead atoms. The van der Waals surface area contributed by atoms with E-state index in [1.807, 2.05) is 0 Å². The van der Waals surface area contributed by atoms with E-state index in [2.05, 4.69) is 69.2 Å². The van der Waals surface area contributed by atoms with Crippen molar-refractivity contribution in [2.75, 3.05) is 27.3 Å². The van der Waals surface area contributed by atoms with Crippen LogP contribution in [0.2, 0.25) is 0 Å². The van der Waals surface area contributed by atoms with Crippen LogP contribution in [0.4, 0.5) is 0 Å². The molecule has 0 saturated carbocycles. The molecule has 1 aromatic carbocycles. The Balaban J connectivity index is 2.86. The highest BCUT2D eigenvalue weighted by atomic mass is 16.5. The molecule has 0 saturated heterocycles. The lowest BCUT2D eigenvalue weighted by atomic mass is 9.97. The average molecular weight is 278 g/mol. The molecule has 0 heterocycles. The van der Waals surface area contributed by atoms with Gasteiger partial charge in [0.15, 0.2) is 0 Å². The highest BCUT2D eigenvalue weighted by molar-refractivity contribution is 5.25. The largest absolute Gasteiger partial charge is 0.383 e. The minimum atomic E-state index is 0.338. The number of likely N-dealkylation sites (N-methyl/N-ethyl adjacent to an activating group) is 2. The van der Waals surface area contributed by atoms with Crippen molar-refractivity contribution in [3.8, 4) is 0 Å². The van der Waals surface area contributed by atoms with Crippen LogP contribution in [-0.4, -0.2) is 44.3 Å². The molecule has 0 aliphatic rings. The number of ether oxygens (including phenoxy) is 1. The molecule has 3 atom stereocenters. The average Bonchev–Trinajstić information content (AvgIpc) is 2.44. The minimum absolute atomic E-state index is 0.338. The van der Waals surface area contributed by atoms with E-state index >= 15 is 0 Å². The SMILES string of the molecule is CCNC(c1ccc(C)cc1)C(C)N(C)C(C)COC. The lowest BCUT2D eigenvalue weighted by Gasteiger charge is -2.36. The third-order valence-corrected chi connectivity index (χ3v) is 4.09. The Morgan fingerprint density at radius 3 is 2.30 bits per heavy atom. The van der Waals surface area contributed by atoms with Gasteiger partial charge in [-0.3, -0.25) is 4.90 Å². The fraction of sp³-hybridized carbons (Fsp3) is 0.647. The molecule has 3 heteroatoms. The van der Waals surface area contributed by atoms with E-state index in [9.17, 15) is 0 Å². The van der Waals surface area contributed by atoms with E-state index in [-0.39, 0.29) is 0 Å². The molecule has 3 unspecified atom stereocenters. The summed E-state index contributed by atoms with van der Waals surface area (Å²) >= 11 is 0. The number of nitrogens with one attached hydrogen (secondary N) is 1. The van der Waals surface area contributed by atoms with Gasteiger partial charge in [-0.25, -0.2) is 0 Å². The summed E-state index contributed by atoms with van der Waals surface area (Å²) in [6, 6.07) is 9.98. The molecule has 0 spiro atoms. The smallest absolute Gasteiger partial charge is 0.0615 e. The van der Waals surface area contributed by atoms with E-state index < -0.39 is 0 Å². The van der Waals surface area contributed by atoms with Gasteiger partial charge >= 0.3 is 0 Å². The van der Waals surface area contributed by atoms with Crippen LogP contribution in [0.25, 0.3) is 0 Å². The number of aryl methyl sites for hydroxylation is 1. The zero-order chi connectivity index (χ0) is 15.1. The fourth-order valence-electron chi connectivity index (χ4n) is 2.56. The third kappa shape index (κ3) is 4.58. The second kappa shape index (κ2) is 8.40. The quantitative estimate of drug-likeness (QED) is 0.791. The van der Waals surface area contributed by atoms with Crippen molar-refractivity contribution in [3.05, 3.63) is 35.4 Å². The number of rotatable bonds is 8. The molecule has 20 heavy (non-hydrogen) atoms. The van der Waals surface area contributed by atoms with Crippen molar-refractivity contribution in [2.24, 2.45) is 0 Å². The van der Waals surface area contributed by atoms with Gasteiger partial charge in [0.25, 0.3) is 0 Å². The van der Waals surface area contributed by atoms with Crippen LogP contribution in [0, 0.1) is 6.92 Å². The van der Waals surface area contributed by atoms with Crippen molar-refractivity contribution in [3.63, 3.8) is 0 Å². The van der Waals surface area contributed by atoms with E-state index in [0.717, 1.165) is 13.2 Å². The van der Waals surface area contributed by atoms with E-state index in [4.69, 9.17) is 4.74 Å². The third-order valence-electron chi connectivity index (χ3n) is 4.09. The zero-order valence-corrected chi connectivity index (χ0v) is 13.8. The van der Waals surface area contributed by atoms with Crippen LogP contribution in [0.5, 0.6) is 0 Å². The van der Waals surface area contributed by atoms with Gasteiger partial charge in [-0.1, -0.05) is 36.8 Å². The first-order valence-electron chi connectivity index (χ1n) is 7.52. The van der Waals surface area contributed by atoms with E-state index in [1.54, 1.807) is 7.11 Å². The normalized spacial score (nSPS) is 16.1. The standard InChI is InChI=1S/C17H30N2O/c1-7-18-17(16-10-8-13(2)9-11-16)15(4)19(5)14(3)12-20-6/h8-11,14-15,17-18H,7,12H2,1-6H3. The summed E-state index contributed by atoms with van der Waals surface area (Å²) < 4.78 is 5.27. The van der Waals surface area contributed by atoms with Gasteiger partial charge in [-0.15, -0.1) is 0 Å². The van der Waals surface area contributed by atoms with E-state index in [0.29, 0.717) is 18.1 Å². The summed E-state index contributed by atoms with van der Waals surface area (Å²) in [6.45, 7) is 10.5. The molecular weight excluding hydrogens is 248 g/mol. The number of hydrogen-bond donors (Lipinski definition) is 1. The first-order valence-corrected chi connectivity index (χ1v) is 7.52. The maximum Gasteiger partial charge on any atom is 0.0615 e. The van der Waals surface area contributed by atoms with Crippen LogP contribution in [0.3, 0.4) is 0 Å². The van der Waals surface area contributed by atoms with Crippen molar-refractivity contribution < 1.29 is 4.74 Å². The van der Waals surface area contributed by atoms with Gasteiger partial charge in [0, 0.05) is 25.2 Å². The Morgan fingerprint density at radius 1 is 1.20 bits per heavy atom. The molecule has 0 amide bonds. The molecule has 3 nitrogen and oxygen atoms in total. The topological polar surface area (TPSA) is 24.5 Å². The number of benzene rings is 1. The highest BCUT2D eigenvalue weighted by Gasteiger charge is 2.24. The lowest BCUT2D eigenvalue weighted by Crippen LogP contribution is -2.46. The molecular formula is C17H30N2O. The molecule has 0 radical (unpaired) electrons. The van der Waals surface area contributed by atoms with Crippen LogP contribution in [-0.2, 0) is 4.74 Å². The molecule has 114 valence electrons. The summed E-state index contributed by atoms with van der Waals surface area (Å²) in [4.78, 5) is 2.39. The molecule has 1 rings (SSSR count). The predicted octanol–water partition coefficient (Wildman–Crippen LogP) is 3.00. The Bertz CT molecular complexity index is 377. The van der Waals surface area contributed by atoms with Gasteiger partial charge in [0.05, 0.1) is 6.61 Å². The Kier molecular flexibility index (Phi) is 7.20. The van der Waals surface area contributed by atoms with Crippen LogP contribution in [0.1, 0.15) is 37.9 Å². The Morgan fingerprint density at radius 2 is 1.80 bits per heavy atom. The van der Waals surface area contributed by atoms with Crippen LogP contribution < -0.4 is 5.32 Å². The minimum Gasteiger partial charge on any atom is -0.383 e. The van der Waals surface area contributed by atoms with Crippen molar-refractivity contribution in [1.29, 1.82) is 0 Å². The molecule has 0 aliphatic carbocycles. The summed E-state index contributed by atoms with van der Waals surface area (Å²) in [5.74, 6) is 0. The van der Waals surface area contributed by atoms with Crippen molar-refractivity contribution >= 4 is 0 Å². The monoisotopic (exact) mass is 278 g/mol. The maximum atomic E-state index is 5.27. The Hall–Kier alpha value is -0.900. The van der Waals surface area contributed by atoms with Gasteiger partial charge in [0.2, 0.25) is 0 Å². The van der Waals surface area contributed by atoms with Gasteiger partial charge in [-0.2, -0.15) is 0 Å². The van der Waals surface area contributed by atoms with Gasteiger partial charge in [-0.05, 0) is 39.9 Å². The summed E-state index contributed by atoms with van der Waals surface area (Å²) in [6.07, 6.45) is 0. The summed E-state index contributed by atoms with van der Waals surface area (Å²) in [5, 5.41) is 3.61. The first-order chi connectivity index (χ1) is 9.51. The van der Waals surface area contributed by atoms with Gasteiger partial charge in [0.1, 0.15) is 0 Å². The first kappa shape index (κ1) is 17.2. The summed E-state index contributed by atoms with van der Waals surface area (Å²) in [5.41, 5.74) is 2.65.